The molecule has 6 heteroatoms. The lowest BCUT2D eigenvalue weighted by Crippen LogP contribution is -2.26. The molecule has 4 rings (SSSR count). The zero-order chi connectivity index (χ0) is 20.5. The minimum atomic E-state index is -0.443. The number of aromatic nitrogens is 1. The van der Waals surface area contributed by atoms with Crippen molar-refractivity contribution in [1.29, 1.82) is 0 Å². The van der Waals surface area contributed by atoms with E-state index in [2.05, 4.69) is 22.5 Å². The van der Waals surface area contributed by atoms with E-state index in [9.17, 15) is 14.0 Å². The molecule has 2 unspecified atom stereocenters. The fourth-order valence-corrected chi connectivity index (χ4v) is 3.65. The molecule has 1 aromatic heterocycles. The van der Waals surface area contributed by atoms with Gasteiger partial charge in [-0.1, -0.05) is 13.3 Å². The van der Waals surface area contributed by atoms with Gasteiger partial charge in [0.05, 0.1) is 11.3 Å². The van der Waals surface area contributed by atoms with Crippen LogP contribution in [0.15, 0.2) is 30.5 Å². The van der Waals surface area contributed by atoms with Crippen molar-refractivity contribution in [2.24, 2.45) is 11.8 Å². The number of nitrogens with one attached hydrogen (secondary N) is 2. The maximum Gasteiger partial charge on any atom is 0.252 e. The van der Waals surface area contributed by atoms with Crippen LogP contribution >= 0.6 is 0 Å². The van der Waals surface area contributed by atoms with Crippen LogP contribution in [-0.2, 0) is 0 Å². The maximum atomic E-state index is 14.4. The van der Waals surface area contributed by atoms with Gasteiger partial charge in [-0.15, -0.1) is 0 Å². The summed E-state index contributed by atoms with van der Waals surface area (Å²) in [7, 11) is 0. The van der Waals surface area contributed by atoms with Crippen LogP contribution in [0.2, 0.25) is 0 Å². The van der Waals surface area contributed by atoms with Gasteiger partial charge in [-0.3, -0.25) is 14.6 Å². The average molecular weight is 395 g/mol. The lowest BCUT2D eigenvalue weighted by atomic mass is 10.00. The predicted octanol–water partition coefficient (Wildman–Crippen LogP) is 3.86. The Hall–Kier alpha value is -2.76. The first-order valence-electron chi connectivity index (χ1n) is 10.3. The summed E-state index contributed by atoms with van der Waals surface area (Å²) in [5.41, 5.74) is 2.28. The first kappa shape index (κ1) is 19.6. The van der Waals surface area contributed by atoms with Crippen molar-refractivity contribution in [1.82, 2.24) is 15.6 Å². The summed E-state index contributed by atoms with van der Waals surface area (Å²) in [6.45, 7) is 4.53. The highest BCUT2D eigenvalue weighted by Gasteiger charge is 2.35. The van der Waals surface area contributed by atoms with Gasteiger partial charge in [0.2, 0.25) is 0 Å². The molecule has 0 bridgehead atoms. The molecule has 2 aromatic rings. The predicted molar refractivity (Wildman–Crippen MR) is 109 cm³/mol. The Labute approximate surface area is 170 Å². The number of benzene rings is 1. The number of halogens is 1. The van der Waals surface area contributed by atoms with Crippen molar-refractivity contribution in [3.05, 3.63) is 53.0 Å². The van der Waals surface area contributed by atoms with E-state index in [1.54, 1.807) is 25.1 Å². The first-order chi connectivity index (χ1) is 14.0. The van der Waals surface area contributed by atoms with Crippen molar-refractivity contribution >= 4 is 11.8 Å². The molecule has 29 heavy (non-hydrogen) atoms. The summed E-state index contributed by atoms with van der Waals surface area (Å²) in [5, 5.41) is 5.84. The van der Waals surface area contributed by atoms with Gasteiger partial charge in [-0.25, -0.2) is 4.39 Å². The number of carbonyl (C=O) groups is 2. The average Bonchev–Trinajstić information content (AvgIpc) is 3.64. The van der Waals surface area contributed by atoms with Crippen LogP contribution in [0.5, 0.6) is 0 Å². The maximum absolute atomic E-state index is 14.4. The Balaban J connectivity index is 1.48. The highest BCUT2D eigenvalue weighted by Crippen LogP contribution is 2.40. The molecular formula is C23H26FN3O2. The van der Waals surface area contributed by atoms with E-state index in [1.807, 2.05) is 0 Å². The number of amides is 2. The molecule has 1 aromatic carbocycles. The van der Waals surface area contributed by atoms with Crippen LogP contribution in [0.1, 0.15) is 58.9 Å². The topological polar surface area (TPSA) is 71.1 Å². The summed E-state index contributed by atoms with van der Waals surface area (Å²) >= 11 is 0. The Kier molecular flexibility index (Phi) is 5.35. The molecule has 2 saturated carbocycles. The number of hydrogen-bond acceptors (Lipinski definition) is 3. The van der Waals surface area contributed by atoms with Crippen LogP contribution in [0.3, 0.4) is 0 Å². The molecule has 2 aliphatic rings. The summed E-state index contributed by atoms with van der Waals surface area (Å²) in [4.78, 5) is 29.0. The Morgan fingerprint density at radius 3 is 2.55 bits per heavy atom. The van der Waals surface area contributed by atoms with Gasteiger partial charge >= 0.3 is 0 Å². The van der Waals surface area contributed by atoms with Crippen LogP contribution in [0, 0.1) is 24.6 Å². The van der Waals surface area contributed by atoms with Gasteiger partial charge in [0, 0.05) is 29.9 Å². The lowest BCUT2D eigenvalue weighted by molar-refractivity contribution is 0.0942. The molecule has 2 N–H and O–H groups in total. The second-order valence-corrected chi connectivity index (χ2v) is 8.18. The fraction of sp³-hybridized carbons (Fsp3) is 0.435. The van der Waals surface area contributed by atoms with Crippen molar-refractivity contribution in [2.45, 2.75) is 45.6 Å². The Morgan fingerprint density at radius 2 is 1.93 bits per heavy atom. The summed E-state index contributed by atoms with van der Waals surface area (Å²) in [6, 6.07) is 6.52. The minimum absolute atomic E-state index is 0.147. The van der Waals surface area contributed by atoms with E-state index in [4.69, 9.17) is 0 Å². The highest BCUT2D eigenvalue weighted by atomic mass is 19.1. The molecule has 0 saturated heterocycles. The number of pyridine rings is 1. The van der Waals surface area contributed by atoms with Crippen molar-refractivity contribution < 1.29 is 14.0 Å². The van der Waals surface area contributed by atoms with Gasteiger partial charge in [0.1, 0.15) is 5.82 Å². The quantitative estimate of drug-likeness (QED) is 0.748. The fourth-order valence-electron chi connectivity index (χ4n) is 3.65. The summed E-state index contributed by atoms with van der Waals surface area (Å²) < 4.78 is 14.4. The molecule has 2 amide bonds. The van der Waals surface area contributed by atoms with Crippen LogP contribution in [-0.4, -0.2) is 29.4 Å². The second kappa shape index (κ2) is 7.93. The normalized spacial score (nSPS) is 20.2. The third kappa shape index (κ3) is 4.47. The largest absolute Gasteiger partial charge is 0.352 e. The lowest BCUT2D eigenvalue weighted by Gasteiger charge is -2.11. The minimum Gasteiger partial charge on any atom is -0.352 e. The van der Waals surface area contributed by atoms with Gasteiger partial charge in [0.15, 0.2) is 0 Å². The molecular weight excluding hydrogens is 369 g/mol. The Bertz CT molecular complexity index is 938. The molecule has 152 valence electrons. The molecule has 5 nitrogen and oxygen atoms in total. The molecule has 1 heterocycles. The third-order valence-corrected chi connectivity index (χ3v) is 5.94. The van der Waals surface area contributed by atoms with E-state index < -0.39 is 5.82 Å². The van der Waals surface area contributed by atoms with Crippen LogP contribution < -0.4 is 10.6 Å². The smallest absolute Gasteiger partial charge is 0.252 e. The van der Waals surface area contributed by atoms with Crippen molar-refractivity contribution in [3.8, 4) is 11.3 Å². The Morgan fingerprint density at radius 1 is 1.14 bits per heavy atom. The van der Waals surface area contributed by atoms with Crippen LogP contribution in [0.4, 0.5) is 4.39 Å². The van der Waals surface area contributed by atoms with Crippen LogP contribution in [0.25, 0.3) is 11.3 Å². The van der Waals surface area contributed by atoms with Gasteiger partial charge in [0.25, 0.3) is 11.8 Å². The standard InChI is InChI=1S/C23H26FN3O2/c1-3-14-8-17(14)12-26-22(28)15-4-7-21(25-11-15)19-9-16(10-20(24)13(19)2)23(29)27-18-5-6-18/h4,7,9-11,14,17-18H,3,5-6,8,12H2,1-2H3,(H,26,28)(H,27,29). The zero-order valence-electron chi connectivity index (χ0n) is 16.8. The van der Waals surface area contributed by atoms with E-state index in [0.29, 0.717) is 34.8 Å². The molecule has 0 spiro atoms. The monoisotopic (exact) mass is 395 g/mol. The molecule has 2 fully saturated rings. The number of hydrogen-bond donors (Lipinski definition) is 2. The number of nitrogens with zero attached hydrogens (tertiary/aromatic N) is 1. The number of carbonyl (C=O) groups excluding carboxylic acids is 2. The van der Waals surface area contributed by atoms with Gasteiger partial charge in [-0.2, -0.15) is 0 Å². The van der Waals surface area contributed by atoms with E-state index in [-0.39, 0.29) is 23.4 Å². The molecule has 2 atom stereocenters. The van der Waals surface area contributed by atoms with E-state index >= 15 is 0 Å². The SMILES string of the molecule is CCC1CC1CNC(=O)c1ccc(-c2cc(C(=O)NC3CC3)cc(F)c2C)nc1. The summed E-state index contributed by atoms with van der Waals surface area (Å²) in [6.07, 6.45) is 5.78. The third-order valence-electron chi connectivity index (χ3n) is 5.94. The first-order valence-corrected chi connectivity index (χ1v) is 10.3. The molecule has 2 aliphatic carbocycles. The summed E-state index contributed by atoms with van der Waals surface area (Å²) in [5.74, 6) is 0.465. The number of rotatable bonds is 7. The molecule has 0 aliphatic heterocycles. The van der Waals surface area contributed by atoms with E-state index in [0.717, 1.165) is 25.2 Å². The zero-order valence-corrected chi connectivity index (χ0v) is 16.8. The van der Waals surface area contributed by atoms with E-state index in [1.165, 1.54) is 18.7 Å². The van der Waals surface area contributed by atoms with Gasteiger partial charge in [-0.05, 0) is 67.9 Å². The highest BCUT2D eigenvalue weighted by molar-refractivity contribution is 5.96. The molecule has 0 radical (unpaired) electrons. The second-order valence-electron chi connectivity index (χ2n) is 8.18. The van der Waals surface area contributed by atoms with Gasteiger partial charge < -0.3 is 10.6 Å². The van der Waals surface area contributed by atoms with Crippen molar-refractivity contribution in [3.63, 3.8) is 0 Å². The van der Waals surface area contributed by atoms with Crippen molar-refractivity contribution in [2.75, 3.05) is 6.54 Å².